The molecule has 0 saturated heterocycles. The third-order valence-electron chi connectivity index (χ3n) is 3.33. The van der Waals surface area contributed by atoms with Gasteiger partial charge in [-0.1, -0.05) is 29.8 Å². The van der Waals surface area contributed by atoms with Crippen molar-refractivity contribution >= 4 is 21.9 Å². The normalized spacial score (nSPS) is 14.7. The number of aliphatic carboxylic acids is 1. The van der Waals surface area contributed by atoms with Crippen molar-refractivity contribution in [3.05, 3.63) is 34.1 Å². The first-order chi connectivity index (χ1) is 7.77. The number of carboxylic acids is 1. The molecule has 1 aromatic rings. The van der Waals surface area contributed by atoms with Gasteiger partial charge in [-0.05, 0) is 43.0 Å². The van der Waals surface area contributed by atoms with E-state index < -0.39 is 11.4 Å². The van der Waals surface area contributed by atoms with Gasteiger partial charge in [-0.2, -0.15) is 0 Å². The lowest BCUT2D eigenvalue weighted by Gasteiger charge is -2.29. The second-order valence-corrected chi connectivity index (χ2v) is 5.71. The largest absolute Gasteiger partial charge is 0.481 e. The molecule has 0 heterocycles. The summed E-state index contributed by atoms with van der Waals surface area (Å²) in [7, 11) is 0. The maximum atomic E-state index is 13.6. The summed E-state index contributed by atoms with van der Waals surface area (Å²) in [5.41, 5.74) is -0.528. The van der Waals surface area contributed by atoms with Gasteiger partial charge in [0.2, 0.25) is 0 Å². The molecule has 4 heteroatoms. The smallest absolute Gasteiger partial charge is 0.309 e. The Labute approximate surface area is 109 Å². The maximum Gasteiger partial charge on any atom is 0.309 e. The molecule has 0 spiro atoms. The molecule has 2 nitrogen and oxygen atoms in total. The minimum atomic E-state index is -0.957. The van der Waals surface area contributed by atoms with Crippen LogP contribution in [-0.2, 0) is 11.2 Å². The molecule has 0 aliphatic heterocycles. The van der Waals surface area contributed by atoms with Gasteiger partial charge in [0.1, 0.15) is 5.82 Å². The predicted octanol–water partition coefficient (Wildman–Crippen LogP) is 3.88. The fourth-order valence-electron chi connectivity index (χ4n) is 1.60. The van der Waals surface area contributed by atoms with E-state index >= 15 is 0 Å². The van der Waals surface area contributed by atoms with Gasteiger partial charge >= 0.3 is 5.97 Å². The van der Waals surface area contributed by atoms with Gasteiger partial charge in [0, 0.05) is 4.47 Å². The average Bonchev–Trinajstić information content (AvgIpc) is 2.22. The van der Waals surface area contributed by atoms with Crippen molar-refractivity contribution in [2.24, 2.45) is 11.3 Å². The number of carboxylic acid groups (broad SMARTS) is 1. The van der Waals surface area contributed by atoms with E-state index in [0.717, 1.165) is 4.47 Å². The molecule has 94 valence electrons. The van der Waals surface area contributed by atoms with Gasteiger partial charge in [-0.15, -0.1) is 0 Å². The molecule has 0 saturated carbocycles. The molecule has 0 aliphatic rings. The number of halogens is 2. The van der Waals surface area contributed by atoms with Gasteiger partial charge in [-0.25, -0.2) is 4.39 Å². The van der Waals surface area contributed by atoms with Crippen molar-refractivity contribution in [3.8, 4) is 0 Å². The fourth-order valence-corrected chi connectivity index (χ4v) is 2.01. The van der Waals surface area contributed by atoms with Crippen LogP contribution in [0.5, 0.6) is 0 Å². The van der Waals surface area contributed by atoms with E-state index in [1.54, 1.807) is 19.1 Å². The minimum absolute atomic E-state index is 0.0709. The minimum Gasteiger partial charge on any atom is -0.481 e. The van der Waals surface area contributed by atoms with Crippen LogP contribution in [0, 0.1) is 17.2 Å². The lowest BCUT2D eigenvalue weighted by atomic mass is 9.74. The highest BCUT2D eigenvalue weighted by atomic mass is 79.9. The average molecular weight is 303 g/mol. The summed E-state index contributed by atoms with van der Waals surface area (Å²) in [4.78, 5) is 11.3. The Morgan fingerprint density at radius 1 is 1.53 bits per heavy atom. The molecular weight excluding hydrogens is 287 g/mol. The lowest BCUT2D eigenvalue weighted by molar-refractivity contribution is -0.150. The van der Waals surface area contributed by atoms with Crippen LogP contribution in [0.15, 0.2) is 22.7 Å². The van der Waals surface area contributed by atoms with Gasteiger partial charge in [0.05, 0.1) is 5.41 Å². The van der Waals surface area contributed by atoms with E-state index in [-0.39, 0.29) is 18.2 Å². The molecule has 0 bridgehead atoms. The quantitative estimate of drug-likeness (QED) is 0.916. The Morgan fingerprint density at radius 2 is 2.12 bits per heavy atom. The van der Waals surface area contributed by atoms with E-state index in [1.165, 1.54) is 6.07 Å². The van der Waals surface area contributed by atoms with E-state index in [4.69, 9.17) is 0 Å². The third kappa shape index (κ3) is 3.06. The van der Waals surface area contributed by atoms with Crippen LogP contribution < -0.4 is 0 Å². The highest BCUT2D eigenvalue weighted by molar-refractivity contribution is 9.10. The number of hydrogen-bond acceptors (Lipinski definition) is 1. The molecule has 0 amide bonds. The third-order valence-corrected chi connectivity index (χ3v) is 3.82. The van der Waals surface area contributed by atoms with Crippen LogP contribution in [0.4, 0.5) is 4.39 Å². The van der Waals surface area contributed by atoms with Crippen molar-refractivity contribution < 1.29 is 14.3 Å². The van der Waals surface area contributed by atoms with Crippen molar-refractivity contribution in [2.45, 2.75) is 27.2 Å². The molecule has 1 unspecified atom stereocenters. The SMILES string of the molecule is CC(C)C(C)(Cc1cc(Br)ccc1F)C(=O)O. The highest BCUT2D eigenvalue weighted by Gasteiger charge is 2.37. The number of rotatable bonds is 4. The monoisotopic (exact) mass is 302 g/mol. The van der Waals surface area contributed by atoms with E-state index in [2.05, 4.69) is 15.9 Å². The molecule has 1 N–H and O–H groups in total. The fraction of sp³-hybridized carbons (Fsp3) is 0.462. The standard InChI is InChI=1S/C13H16BrFO2/c1-8(2)13(3,12(16)17)7-9-6-10(14)4-5-11(9)15/h4-6,8H,7H2,1-3H3,(H,16,17). The molecular formula is C13H16BrFO2. The summed E-state index contributed by atoms with van der Waals surface area (Å²) in [6.45, 7) is 5.33. The summed E-state index contributed by atoms with van der Waals surface area (Å²) in [6, 6.07) is 4.59. The van der Waals surface area contributed by atoms with Crippen molar-refractivity contribution in [1.29, 1.82) is 0 Å². The zero-order valence-electron chi connectivity index (χ0n) is 10.1. The maximum absolute atomic E-state index is 13.6. The van der Waals surface area contributed by atoms with Gasteiger partial charge < -0.3 is 5.11 Å². The molecule has 1 rings (SSSR count). The zero-order chi connectivity index (χ0) is 13.2. The van der Waals surface area contributed by atoms with Crippen LogP contribution in [0.2, 0.25) is 0 Å². The van der Waals surface area contributed by atoms with Crippen LogP contribution in [-0.4, -0.2) is 11.1 Å². The summed E-state index contributed by atoms with van der Waals surface area (Å²) in [5.74, 6) is -1.33. The summed E-state index contributed by atoms with van der Waals surface area (Å²) in [5, 5.41) is 9.29. The molecule has 1 aromatic carbocycles. The Kier molecular flexibility index (Phi) is 4.31. The number of benzene rings is 1. The van der Waals surface area contributed by atoms with Gasteiger partial charge in [-0.3, -0.25) is 4.79 Å². The Hall–Kier alpha value is -0.900. The molecule has 17 heavy (non-hydrogen) atoms. The second kappa shape index (κ2) is 5.17. The Bertz CT molecular complexity index is 431. The molecule has 0 aromatic heterocycles. The first kappa shape index (κ1) is 14.2. The lowest BCUT2D eigenvalue weighted by Crippen LogP contribution is -2.35. The first-order valence-electron chi connectivity index (χ1n) is 5.44. The van der Waals surface area contributed by atoms with Crippen LogP contribution in [0.1, 0.15) is 26.3 Å². The first-order valence-corrected chi connectivity index (χ1v) is 6.24. The van der Waals surface area contributed by atoms with Crippen molar-refractivity contribution in [1.82, 2.24) is 0 Å². The van der Waals surface area contributed by atoms with Gasteiger partial charge in [0.25, 0.3) is 0 Å². The predicted molar refractivity (Wildman–Crippen MR) is 68.4 cm³/mol. The summed E-state index contributed by atoms with van der Waals surface area (Å²) in [6.07, 6.45) is 0.186. The molecule has 1 atom stereocenters. The van der Waals surface area contributed by atoms with E-state index in [1.807, 2.05) is 13.8 Å². The van der Waals surface area contributed by atoms with E-state index in [9.17, 15) is 14.3 Å². The van der Waals surface area contributed by atoms with E-state index in [0.29, 0.717) is 5.56 Å². The number of hydrogen-bond donors (Lipinski definition) is 1. The molecule has 0 fully saturated rings. The molecule has 0 radical (unpaired) electrons. The topological polar surface area (TPSA) is 37.3 Å². The summed E-state index contributed by atoms with van der Waals surface area (Å²) < 4.78 is 14.4. The van der Waals surface area contributed by atoms with Crippen LogP contribution in [0.3, 0.4) is 0 Å². The molecule has 0 aliphatic carbocycles. The summed E-state index contributed by atoms with van der Waals surface area (Å²) >= 11 is 3.26. The van der Waals surface area contributed by atoms with Crippen LogP contribution in [0.25, 0.3) is 0 Å². The van der Waals surface area contributed by atoms with Crippen LogP contribution >= 0.6 is 15.9 Å². The Morgan fingerprint density at radius 3 is 2.59 bits per heavy atom. The second-order valence-electron chi connectivity index (χ2n) is 4.79. The zero-order valence-corrected chi connectivity index (χ0v) is 11.7. The number of carbonyl (C=O) groups is 1. The van der Waals surface area contributed by atoms with Crippen molar-refractivity contribution in [2.75, 3.05) is 0 Å². The van der Waals surface area contributed by atoms with Gasteiger partial charge in [0.15, 0.2) is 0 Å². The van der Waals surface area contributed by atoms with Crippen molar-refractivity contribution in [3.63, 3.8) is 0 Å². The highest BCUT2D eigenvalue weighted by Crippen LogP contribution is 2.33. The Balaban J connectivity index is 3.10.